The second kappa shape index (κ2) is 13.9. The van der Waals surface area contributed by atoms with Crippen molar-refractivity contribution in [2.45, 2.75) is 6.92 Å². The lowest BCUT2D eigenvalue weighted by Crippen LogP contribution is -2.01. The molecule has 0 amide bonds. The van der Waals surface area contributed by atoms with Crippen LogP contribution in [-0.4, -0.2) is 19.9 Å². The van der Waals surface area contributed by atoms with E-state index in [1.165, 1.54) is 5.56 Å². The van der Waals surface area contributed by atoms with Gasteiger partial charge in [0, 0.05) is 33.8 Å². The van der Waals surface area contributed by atoms with Crippen LogP contribution < -0.4 is 0 Å². The summed E-state index contributed by atoms with van der Waals surface area (Å²) in [6.07, 6.45) is 1.94. The zero-order chi connectivity index (χ0) is 35.6. The van der Waals surface area contributed by atoms with Gasteiger partial charge in [0.25, 0.3) is 0 Å². The van der Waals surface area contributed by atoms with E-state index in [2.05, 4.69) is 171 Å². The predicted octanol–water partition coefficient (Wildman–Crippen LogP) is 12.4. The van der Waals surface area contributed by atoms with Crippen LogP contribution in [0.5, 0.6) is 0 Å². The first-order valence-corrected chi connectivity index (χ1v) is 17.8. The summed E-state index contributed by atoms with van der Waals surface area (Å²) in [5, 5.41) is 2.25. The van der Waals surface area contributed by atoms with Crippen molar-refractivity contribution in [3.8, 4) is 78.8 Å². The Morgan fingerprint density at radius 3 is 1.26 bits per heavy atom. The Hall–Kier alpha value is -7.04. The van der Waals surface area contributed by atoms with Crippen molar-refractivity contribution < 1.29 is 0 Å². The fourth-order valence-electron chi connectivity index (χ4n) is 6.71. The first kappa shape index (κ1) is 31.9. The highest BCUT2D eigenvalue weighted by Crippen LogP contribution is 2.34. The topological polar surface area (TPSA) is 51.6 Å². The molecule has 0 aliphatic carbocycles. The van der Waals surface area contributed by atoms with E-state index in [0.29, 0.717) is 17.5 Å². The zero-order valence-corrected chi connectivity index (χ0v) is 29.2. The summed E-state index contributed by atoms with van der Waals surface area (Å²) in [7, 11) is 0. The first-order valence-electron chi connectivity index (χ1n) is 17.8. The van der Waals surface area contributed by atoms with Gasteiger partial charge in [0.1, 0.15) is 0 Å². The monoisotopic (exact) mass is 678 g/mol. The van der Waals surface area contributed by atoms with Gasteiger partial charge >= 0.3 is 0 Å². The third kappa shape index (κ3) is 6.74. The molecule has 2 aromatic heterocycles. The summed E-state index contributed by atoms with van der Waals surface area (Å²) in [5.74, 6) is 1.83. The Balaban J connectivity index is 1.21. The standard InChI is InChI=1S/C49H34N4/c1-33-16-18-38(19-17-33)43-28-44(46-31-41-14-8-9-15-42(41)32-50-46)30-45(29-43)49-52-47(39-24-20-36(21-25-39)34-10-4-2-5-11-34)51-48(53-49)40-26-22-37(23-27-40)35-12-6-3-7-13-35/h2-32H,1H3. The normalized spacial score (nSPS) is 11.1. The average molecular weight is 679 g/mol. The fourth-order valence-corrected chi connectivity index (χ4v) is 6.71. The highest BCUT2D eigenvalue weighted by molar-refractivity contribution is 5.87. The SMILES string of the molecule is Cc1ccc(-c2cc(-c3cc4ccccc4cn3)cc(-c3nc(-c4ccc(-c5ccccc5)cc4)nc(-c4ccc(-c5ccccc5)cc4)n3)c2)cc1. The minimum absolute atomic E-state index is 0.597. The molecule has 0 spiro atoms. The Kier molecular flexibility index (Phi) is 8.39. The average Bonchev–Trinajstić information content (AvgIpc) is 3.24. The number of rotatable bonds is 7. The van der Waals surface area contributed by atoms with Crippen LogP contribution in [0.15, 0.2) is 188 Å². The first-order chi connectivity index (χ1) is 26.1. The molecule has 0 aliphatic rings. The molecule has 4 nitrogen and oxygen atoms in total. The lowest BCUT2D eigenvalue weighted by atomic mass is 9.96. The van der Waals surface area contributed by atoms with E-state index >= 15 is 0 Å². The number of fused-ring (bicyclic) bond motifs is 1. The summed E-state index contributed by atoms with van der Waals surface area (Å²) in [5.41, 5.74) is 12.6. The summed E-state index contributed by atoms with van der Waals surface area (Å²) < 4.78 is 0. The molecule has 0 atom stereocenters. The molecule has 9 aromatic rings. The van der Waals surface area contributed by atoms with E-state index < -0.39 is 0 Å². The molecule has 0 bridgehead atoms. The molecule has 7 aromatic carbocycles. The fraction of sp³-hybridized carbons (Fsp3) is 0.0204. The summed E-state index contributed by atoms with van der Waals surface area (Å²) in [6, 6.07) is 63.3. The maximum absolute atomic E-state index is 5.16. The molecular formula is C49H34N4. The molecule has 0 saturated carbocycles. The molecule has 0 radical (unpaired) electrons. The van der Waals surface area contributed by atoms with Crippen molar-refractivity contribution in [3.63, 3.8) is 0 Å². The molecule has 250 valence electrons. The van der Waals surface area contributed by atoms with E-state index in [4.69, 9.17) is 19.9 Å². The number of aryl methyl sites for hydroxylation is 1. The number of pyridine rings is 1. The predicted molar refractivity (Wildman–Crippen MR) is 218 cm³/mol. The second-order valence-electron chi connectivity index (χ2n) is 13.3. The van der Waals surface area contributed by atoms with E-state index in [0.717, 1.165) is 72.1 Å². The van der Waals surface area contributed by atoms with Gasteiger partial charge in [-0.05, 0) is 70.0 Å². The Morgan fingerprint density at radius 2 is 0.698 bits per heavy atom. The van der Waals surface area contributed by atoms with Crippen LogP contribution in [0.25, 0.3) is 89.6 Å². The van der Waals surface area contributed by atoms with E-state index in [-0.39, 0.29) is 0 Å². The van der Waals surface area contributed by atoms with Gasteiger partial charge in [-0.1, -0.05) is 163 Å². The highest BCUT2D eigenvalue weighted by atomic mass is 15.0. The van der Waals surface area contributed by atoms with Gasteiger partial charge in [0.2, 0.25) is 0 Å². The smallest absolute Gasteiger partial charge is 0.164 e. The van der Waals surface area contributed by atoms with Gasteiger partial charge in [-0.2, -0.15) is 0 Å². The minimum Gasteiger partial charge on any atom is -0.256 e. The Labute approximate surface area is 309 Å². The van der Waals surface area contributed by atoms with Crippen molar-refractivity contribution in [2.75, 3.05) is 0 Å². The molecule has 2 heterocycles. The van der Waals surface area contributed by atoms with E-state index in [1.54, 1.807) is 0 Å². The molecule has 4 heteroatoms. The number of benzene rings is 7. The number of aromatic nitrogens is 4. The van der Waals surface area contributed by atoms with Gasteiger partial charge in [-0.25, -0.2) is 15.0 Å². The van der Waals surface area contributed by atoms with Gasteiger partial charge in [-0.15, -0.1) is 0 Å². The Morgan fingerprint density at radius 1 is 0.302 bits per heavy atom. The molecule has 0 unspecified atom stereocenters. The van der Waals surface area contributed by atoms with Gasteiger partial charge in [0.05, 0.1) is 5.69 Å². The summed E-state index contributed by atoms with van der Waals surface area (Å²) >= 11 is 0. The minimum atomic E-state index is 0.597. The quantitative estimate of drug-likeness (QED) is 0.168. The zero-order valence-electron chi connectivity index (χ0n) is 29.2. The molecular weight excluding hydrogens is 645 g/mol. The molecule has 53 heavy (non-hydrogen) atoms. The maximum atomic E-state index is 5.16. The van der Waals surface area contributed by atoms with Crippen molar-refractivity contribution in [3.05, 3.63) is 194 Å². The van der Waals surface area contributed by atoms with Crippen LogP contribution in [0, 0.1) is 6.92 Å². The van der Waals surface area contributed by atoms with Crippen molar-refractivity contribution in [1.29, 1.82) is 0 Å². The van der Waals surface area contributed by atoms with Gasteiger partial charge in [-0.3, -0.25) is 4.98 Å². The molecule has 0 saturated heterocycles. The number of hydrogen-bond acceptors (Lipinski definition) is 4. The third-order valence-electron chi connectivity index (χ3n) is 9.64. The molecule has 0 fully saturated rings. The highest BCUT2D eigenvalue weighted by Gasteiger charge is 2.16. The second-order valence-corrected chi connectivity index (χ2v) is 13.3. The summed E-state index contributed by atoms with van der Waals surface area (Å²) in [4.78, 5) is 20.3. The van der Waals surface area contributed by atoms with Crippen LogP contribution in [-0.2, 0) is 0 Å². The van der Waals surface area contributed by atoms with E-state index in [9.17, 15) is 0 Å². The van der Waals surface area contributed by atoms with Crippen LogP contribution >= 0.6 is 0 Å². The molecule has 0 aliphatic heterocycles. The summed E-state index contributed by atoms with van der Waals surface area (Å²) in [6.45, 7) is 2.11. The van der Waals surface area contributed by atoms with Gasteiger partial charge < -0.3 is 0 Å². The van der Waals surface area contributed by atoms with Crippen LogP contribution in [0.1, 0.15) is 5.56 Å². The number of hydrogen-bond donors (Lipinski definition) is 0. The van der Waals surface area contributed by atoms with Crippen LogP contribution in [0.2, 0.25) is 0 Å². The van der Waals surface area contributed by atoms with Gasteiger partial charge in [0.15, 0.2) is 17.5 Å². The Bertz CT molecular complexity index is 2590. The third-order valence-corrected chi connectivity index (χ3v) is 9.64. The van der Waals surface area contributed by atoms with Crippen molar-refractivity contribution in [2.24, 2.45) is 0 Å². The van der Waals surface area contributed by atoms with Crippen LogP contribution in [0.3, 0.4) is 0 Å². The largest absolute Gasteiger partial charge is 0.256 e. The number of nitrogens with zero attached hydrogens (tertiary/aromatic N) is 4. The van der Waals surface area contributed by atoms with Crippen molar-refractivity contribution >= 4 is 10.8 Å². The maximum Gasteiger partial charge on any atom is 0.164 e. The molecule has 9 rings (SSSR count). The lowest BCUT2D eigenvalue weighted by molar-refractivity contribution is 1.07. The van der Waals surface area contributed by atoms with Crippen molar-refractivity contribution in [1.82, 2.24) is 19.9 Å². The van der Waals surface area contributed by atoms with Crippen LogP contribution in [0.4, 0.5) is 0 Å². The molecule has 0 N–H and O–H groups in total. The lowest BCUT2D eigenvalue weighted by Gasteiger charge is -2.13. The van der Waals surface area contributed by atoms with E-state index in [1.807, 2.05) is 24.4 Å².